The number of nitrogens with one attached hydrogen (secondary N) is 1. The van der Waals surface area contributed by atoms with Gasteiger partial charge in [-0.05, 0) is 50.1 Å². The molecule has 9 heteroatoms. The molecule has 37 heavy (non-hydrogen) atoms. The molecule has 0 bridgehead atoms. The lowest BCUT2D eigenvalue weighted by atomic mass is 10.1. The first kappa shape index (κ1) is 28.0. The summed E-state index contributed by atoms with van der Waals surface area (Å²) in [4.78, 5) is 25.4. The van der Waals surface area contributed by atoms with E-state index in [1.807, 2.05) is 73.8 Å². The summed E-state index contributed by atoms with van der Waals surface area (Å²) in [5, 5.41) is 7.61. The highest BCUT2D eigenvalue weighted by Crippen LogP contribution is 2.16. The minimum absolute atomic E-state index is 0.0338. The van der Waals surface area contributed by atoms with Crippen LogP contribution in [0.1, 0.15) is 37.9 Å². The van der Waals surface area contributed by atoms with E-state index in [4.69, 9.17) is 18.9 Å². The Hall–Kier alpha value is -3.53. The Morgan fingerprint density at radius 3 is 2.14 bits per heavy atom. The summed E-state index contributed by atoms with van der Waals surface area (Å²) >= 11 is 0. The van der Waals surface area contributed by atoms with Crippen molar-refractivity contribution in [2.75, 3.05) is 26.4 Å². The smallest absolute Gasteiger partial charge is 0.338 e. The number of rotatable bonds is 15. The number of ether oxygens (including phenoxy) is 4. The van der Waals surface area contributed by atoms with E-state index in [0.29, 0.717) is 6.54 Å². The molecule has 0 aliphatic heterocycles. The average Bonchev–Trinajstić information content (AvgIpc) is 3.46. The topological polar surface area (TPSA) is 101 Å². The molecule has 0 spiro atoms. The van der Waals surface area contributed by atoms with E-state index in [1.165, 1.54) is 0 Å². The molecule has 0 aliphatic carbocycles. The Labute approximate surface area is 217 Å². The van der Waals surface area contributed by atoms with Crippen molar-refractivity contribution in [3.8, 4) is 5.69 Å². The third kappa shape index (κ3) is 8.52. The summed E-state index contributed by atoms with van der Waals surface area (Å²) in [7, 11) is 0. The molecule has 0 amide bonds. The van der Waals surface area contributed by atoms with Gasteiger partial charge in [-0.1, -0.05) is 42.5 Å². The van der Waals surface area contributed by atoms with Crippen molar-refractivity contribution in [1.82, 2.24) is 15.1 Å². The van der Waals surface area contributed by atoms with E-state index >= 15 is 0 Å². The van der Waals surface area contributed by atoms with Gasteiger partial charge in [-0.3, -0.25) is 0 Å². The monoisotopic (exact) mass is 509 g/mol. The third-order valence-electron chi connectivity index (χ3n) is 5.60. The lowest BCUT2D eigenvalue weighted by molar-refractivity contribution is -0.184. The fourth-order valence-corrected chi connectivity index (χ4v) is 3.68. The molecule has 0 saturated carbocycles. The number of carbonyl (C=O) groups excluding carboxylic acids is 2. The molecule has 2 aromatic carbocycles. The van der Waals surface area contributed by atoms with Gasteiger partial charge in [0.2, 0.25) is 0 Å². The highest BCUT2D eigenvalue weighted by molar-refractivity contribution is 5.85. The number of hydrogen-bond acceptors (Lipinski definition) is 8. The van der Waals surface area contributed by atoms with Gasteiger partial charge in [-0.15, -0.1) is 0 Å². The van der Waals surface area contributed by atoms with E-state index in [0.717, 1.165) is 16.8 Å². The zero-order valence-corrected chi connectivity index (χ0v) is 21.5. The highest BCUT2D eigenvalue weighted by Gasteiger charge is 2.38. The molecular weight excluding hydrogens is 474 g/mol. The van der Waals surface area contributed by atoms with Crippen LogP contribution in [0.15, 0.2) is 73.1 Å². The van der Waals surface area contributed by atoms with Gasteiger partial charge in [0.15, 0.2) is 12.2 Å². The number of hydrogen-bond donors (Lipinski definition) is 1. The predicted molar refractivity (Wildman–Crippen MR) is 138 cm³/mol. The molecule has 3 rings (SSSR count). The van der Waals surface area contributed by atoms with Gasteiger partial charge in [-0.25, -0.2) is 14.3 Å². The Bertz CT molecular complexity index is 1070. The molecule has 0 aliphatic rings. The summed E-state index contributed by atoms with van der Waals surface area (Å²) in [5.74, 6) is -1.34. The summed E-state index contributed by atoms with van der Waals surface area (Å²) in [6, 6.07) is 19.3. The zero-order chi connectivity index (χ0) is 26.5. The molecule has 0 radical (unpaired) electrons. The van der Waals surface area contributed by atoms with Gasteiger partial charge in [-0.2, -0.15) is 5.10 Å². The predicted octanol–water partition coefficient (Wildman–Crippen LogP) is 3.62. The quantitative estimate of drug-likeness (QED) is 0.245. The molecule has 1 N–H and O–H groups in total. The van der Waals surface area contributed by atoms with Crippen LogP contribution in [0, 0.1) is 0 Å². The Kier molecular flexibility index (Phi) is 11.3. The van der Waals surface area contributed by atoms with Crippen LogP contribution in [0.4, 0.5) is 0 Å². The first-order chi connectivity index (χ1) is 18.0. The average molecular weight is 510 g/mol. The van der Waals surface area contributed by atoms with Crippen molar-refractivity contribution in [3.63, 3.8) is 0 Å². The molecule has 9 nitrogen and oxygen atoms in total. The van der Waals surface area contributed by atoms with Crippen LogP contribution in [-0.2, 0) is 35.1 Å². The van der Waals surface area contributed by atoms with Crippen molar-refractivity contribution < 1.29 is 28.5 Å². The molecule has 3 aromatic rings. The molecular formula is C28H35N3O6. The van der Waals surface area contributed by atoms with E-state index in [1.54, 1.807) is 24.7 Å². The number of benzene rings is 2. The Morgan fingerprint density at radius 1 is 0.892 bits per heavy atom. The normalized spacial score (nSPS) is 13.5. The van der Waals surface area contributed by atoms with Gasteiger partial charge in [0.1, 0.15) is 0 Å². The summed E-state index contributed by atoms with van der Waals surface area (Å²) in [6.45, 7) is 6.44. The van der Waals surface area contributed by atoms with E-state index in [-0.39, 0.29) is 32.5 Å². The fourth-order valence-electron chi connectivity index (χ4n) is 3.68. The second-order valence-electron chi connectivity index (χ2n) is 8.23. The van der Waals surface area contributed by atoms with Crippen molar-refractivity contribution in [2.24, 2.45) is 0 Å². The van der Waals surface area contributed by atoms with Gasteiger partial charge in [0.25, 0.3) is 0 Å². The van der Waals surface area contributed by atoms with Gasteiger partial charge >= 0.3 is 11.9 Å². The summed E-state index contributed by atoms with van der Waals surface area (Å²) in [5.41, 5.74) is 2.92. The first-order valence-corrected chi connectivity index (χ1v) is 12.5. The second kappa shape index (κ2) is 14.9. The first-order valence-electron chi connectivity index (χ1n) is 12.5. The maximum Gasteiger partial charge on any atom is 0.338 e. The standard InChI is InChI=1S/C28H35N3O6/c1-4-34-27(32)25(26(28(33)35-5-2)37-20-22-10-7-6-8-11-22)36-19-17-29-21(3)23-12-14-24(15-13-23)31-18-9-16-30-31/h6-16,18,21,25-26,29H,4-5,17,19-20H2,1-3H3/t21-,25?,26-/m1/s1. The van der Waals surface area contributed by atoms with Crippen LogP contribution < -0.4 is 5.32 Å². The van der Waals surface area contributed by atoms with Crippen molar-refractivity contribution in [2.45, 2.75) is 45.6 Å². The van der Waals surface area contributed by atoms with Crippen LogP contribution in [0.25, 0.3) is 5.69 Å². The van der Waals surface area contributed by atoms with E-state index in [9.17, 15) is 9.59 Å². The SMILES string of the molecule is CCOC(=O)C(OCCN[C@H](C)c1ccc(-n2cccn2)cc1)[C@@H](OCc1ccccc1)C(=O)OCC. The molecule has 1 aromatic heterocycles. The Balaban J connectivity index is 1.59. The van der Waals surface area contributed by atoms with Crippen LogP contribution in [-0.4, -0.2) is 60.3 Å². The Morgan fingerprint density at radius 2 is 1.54 bits per heavy atom. The minimum atomic E-state index is -1.26. The molecule has 1 heterocycles. The van der Waals surface area contributed by atoms with Gasteiger partial charge in [0.05, 0.1) is 32.1 Å². The zero-order valence-electron chi connectivity index (χ0n) is 21.5. The second-order valence-corrected chi connectivity index (χ2v) is 8.23. The van der Waals surface area contributed by atoms with Crippen LogP contribution in [0.3, 0.4) is 0 Å². The molecule has 3 atom stereocenters. The maximum atomic E-state index is 12.7. The van der Waals surface area contributed by atoms with Crippen molar-refractivity contribution >= 4 is 11.9 Å². The van der Waals surface area contributed by atoms with Crippen LogP contribution in [0.5, 0.6) is 0 Å². The maximum absolute atomic E-state index is 12.7. The van der Waals surface area contributed by atoms with Crippen LogP contribution >= 0.6 is 0 Å². The minimum Gasteiger partial charge on any atom is -0.464 e. The number of carbonyl (C=O) groups is 2. The molecule has 1 unspecified atom stereocenters. The molecule has 0 saturated heterocycles. The van der Waals surface area contributed by atoms with Crippen LogP contribution in [0.2, 0.25) is 0 Å². The van der Waals surface area contributed by atoms with Crippen molar-refractivity contribution in [3.05, 3.63) is 84.2 Å². The number of nitrogens with zero attached hydrogens (tertiary/aromatic N) is 2. The third-order valence-corrected chi connectivity index (χ3v) is 5.60. The van der Waals surface area contributed by atoms with Gasteiger partial charge in [0, 0.05) is 25.0 Å². The highest BCUT2D eigenvalue weighted by atomic mass is 16.6. The van der Waals surface area contributed by atoms with E-state index in [2.05, 4.69) is 10.4 Å². The summed E-state index contributed by atoms with van der Waals surface area (Å²) in [6.07, 6.45) is 1.11. The summed E-state index contributed by atoms with van der Waals surface area (Å²) < 4.78 is 23.8. The largest absolute Gasteiger partial charge is 0.464 e. The van der Waals surface area contributed by atoms with Gasteiger partial charge < -0.3 is 24.3 Å². The van der Waals surface area contributed by atoms with Crippen molar-refractivity contribution in [1.29, 1.82) is 0 Å². The lowest BCUT2D eigenvalue weighted by Crippen LogP contribution is -2.46. The lowest BCUT2D eigenvalue weighted by Gasteiger charge is -2.25. The number of aromatic nitrogens is 2. The van der Waals surface area contributed by atoms with E-state index < -0.39 is 24.1 Å². The molecule has 0 fully saturated rings. The fraction of sp³-hybridized carbons (Fsp3) is 0.393. The molecule has 198 valence electrons. The number of esters is 2.